The molecule has 0 aliphatic carbocycles. The van der Waals surface area contributed by atoms with Gasteiger partial charge in [0.25, 0.3) is 15.9 Å². The highest BCUT2D eigenvalue weighted by Crippen LogP contribution is 2.26. The zero-order valence-electron chi connectivity index (χ0n) is 22.1. The van der Waals surface area contributed by atoms with Crippen LogP contribution in [-0.2, 0) is 26.6 Å². The molecular weight excluding hydrogens is 558 g/mol. The quantitative estimate of drug-likeness (QED) is 0.225. The first-order valence-corrected chi connectivity index (χ1v) is 16.0. The van der Waals surface area contributed by atoms with Crippen LogP contribution in [0.25, 0.3) is 10.8 Å². The molecule has 0 saturated heterocycles. The van der Waals surface area contributed by atoms with Crippen molar-refractivity contribution >= 4 is 53.8 Å². The van der Waals surface area contributed by atoms with Crippen molar-refractivity contribution in [1.82, 2.24) is 0 Å². The van der Waals surface area contributed by atoms with E-state index in [1.165, 1.54) is 28.6 Å². The second kappa shape index (κ2) is 11.4. The lowest BCUT2D eigenvalue weighted by Crippen LogP contribution is -2.29. The molecule has 0 spiro atoms. The Labute approximate surface area is 239 Å². The van der Waals surface area contributed by atoms with Crippen molar-refractivity contribution in [3.05, 3.63) is 132 Å². The number of para-hydroxylation sites is 1. The second-order valence-corrected chi connectivity index (χ2v) is 13.0. The van der Waals surface area contributed by atoms with Crippen molar-refractivity contribution in [2.75, 3.05) is 20.6 Å². The van der Waals surface area contributed by atoms with Gasteiger partial charge in [0.05, 0.1) is 29.1 Å². The van der Waals surface area contributed by atoms with E-state index < -0.39 is 20.0 Å². The van der Waals surface area contributed by atoms with Crippen LogP contribution in [-0.4, -0.2) is 29.0 Å². The van der Waals surface area contributed by atoms with Crippen molar-refractivity contribution < 1.29 is 21.6 Å². The van der Waals surface area contributed by atoms with Gasteiger partial charge in [0.2, 0.25) is 10.0 Å². The third-order valence-electron chi connectivity index (χ3n) is 6.44. The smallest absolute Gasteiger partial charge is 0.261 e. The molecule has 5 aromatic rings. The van der Waals surface area contributed by atoms with Crippen LogP contribution < -0.4 is 14.3 Å². The molecule has 0 aliphatic heterocycles. The molecule has 0 fully saturated rings. The zero-order chi connectivity index (χ0) is 29.0. The fourth-order valence-electron chi connectivity index (χ4n) is 4.36. The van der Waals surface area contributed by atoms with E-state index in [2.05, 4.69) is 10.0 Å². The highest BCUT2D eigenvalue weighted by Gasteiger charge is 2.19. The Kier molecular flexibility index (Phi) is 7.78. The van der Waals surface area contributed by atoms with Gasteiger partial charge >= 0.3 is 0 Å². The maximum atomic E-state index is 13.0. The van der Waals surface area contributed by atoms with Crippen LogP contribution in [0, 0.1) is 0 Å². The molecule has 10 heteroatoms. The van der Waals surface area contributed by atoms with Crippen molar-refractivity contribution in [3.63, 3.8) is 0 Å². The van der Waals surface area contributed by atoms with E-state index in [4.69, 9.17) is 0 Å². The molecule has 0 bridgehead atoms. The predicted molar refractivity (Wildman–Crippen MR) is 163 cm³/mol. The summed E-state index contributed by atoms with van der Waals surface area (Å²) in [5, 5.41) is 4.47. The summed E-state index contributed by atoms with van der Waals surface area (Å²) >= 11 is 0. The molecule has 1 amide bonds. The van der Waals surface area contributed by atoms with Crippen LogP contribution in [0.5, 0.6) is 0 Å². The minimum Gasteiger partial charge on any atom is -0.322 e. The number of fused-ring (bicyclic) bond motifs is 1. The molecule has 8 nitrogen and oxygen atoms in total. The standard InChI is InChI=1S/C31H27N3O5S2/c1-40(36,37)34(27-10-3-2-4-11-27)22-23-14-16-25(17-15-23)31(35)32-26-18-20-28(21-19-26)41(38,39)33-30-13-7-9-24-8-5-6-12-29(24)30/h2-21,33H,22H2,1H3,(H,32,35). The largest absolute Gasteiger partial charge is 0.322 e. The maximum absolute atomic E-state index is 13.0. The van der Waals surface area contributed by atoms with Crippen molar-refractivity contribution in [3.8, 4) is 0 Å². The third-order valence-corrected chi connectivity index (χ3v) is 8.97. The number of rotatable bonds is 9. The van der Waals surface area contributed by atoms with E-state index in [1.807, 2.05) is 36.4 Å². The van der Waals surface area contributed by atoms with Gasteiger partial charge in [0.1, 0.15) is 0 Å². The fraction of sp³-hybridized carbons (Fsp3) is 0.0645. The Morgan fingerprint density at radius 3 is 2.02 bits per heavy atom. The molecule has 0 radical (unpaired) electrons. The molecule has 0 unspecified atom stereocenters. The number of sulfonamides is 2. The lowest BCUT2D eigenvalue weighted by molar-refractivity contribution is 0.102. The first-order chi connectivity index (χ1) is 19.6. The number of nitrogens with one attached hydrogen (secondary N) is 2. The van der Waals surface area contributed by atoms with Gasteiger partial charge in [0, 0.05) is 16.6 Å². The zero-order valence-corrected chi connectivity index (χ0v) is 23.7. The number of anilines is 3. The number of carbonyl (C=O) groups is 1. The Balaban J connectivity index is 1.25. The SMILES string of the molecule is CS(=O)(=O)N(Cc1ccc(C(=O)Nc2ccc(S(=O)(=O)Nc3cccc4ccccc34)cc2)cc1)c1ccccc1. The van der Waals surface area contributed by atoms with Crippen LogP contribution in [0.4, 0.5) is 17.1 Å². The van der Waals surface area contributed by atoms with E-state index in [9.17, 15) is 21.6 Å². The minimum absolute atomic E-state index is 0.0571. The molecule has 0 saturated carbocycles. The third kappa shape index (κ3) is 6.56. The topological polar surface area (TPSA) is 113 Å². The minimum atomic E-state index is -3.86. The second-order valence-electron chi connectivity index (χ2n) is 9.41. The molecule has 0 aliphatic rings. The van der Waals surface area contributed by atoms with E-state index in [0.29, 0.717) is 28.2 Å². The van der Waals surface area contributed by atoms with Gasteiger partial charge in [-0.25, -0.2) is 16.8 Å². The van der Waals surface area contributed by atoms with E-state index in [0.717, 1.165) is 17.0 Å². The molecular formula is C31H27N3O5S2. The number of benzene rings is 5. The molecule has 208 valence electrons. The number of hydrogen-bond acceptors (Lipinski definition) is 5. The van der Waals surface area contributed by atoms with Crippen LogP contribution in [0.15, 0.2) is 126 Å². The van der Waals surface area contributed by atoms with Gasteiger partial charge in [-0.1, -0.05) is 66.7 Å². The summed E-state index contributed by atoms with van der Waals surface area (Å²) in [7, 11) is -7.38. The number of hydrogen-bond donors (Lipinski definition) is 2. The summed E-state index contributed by atoms with van der Waals surface area (Å²) < 4.78 is 54.7. The Hall–Kier alpha value is -4.67. The van der Waals surface area contributed by atoms with Crippen molar-refractivity contribution in [2.45, 2.75) is 11.4 Å². The summed E-state index contributed by atoms with van der Waals surface area (Å²) in [6.07, 6.45) is 1.15. The Bertz CT molecular complexity index is 1900. The average Bonchev–Trinajstić information content (AvgIpc) is 2.96. The summed E-state index contributed by atoms with van der Waals surface area (Å²) in [5.74, 6) is -0.385. The van der Waals surface area contributed by atoms with Crippen LogP contribution in [0.1, 0.15) is 15.9 Å². The molecule has 5 aromatic carbocycles. The summed E-state index contributed by atoms with van der Waals surface area (Å²) in [6.45, 7) is 0.119. The Morgan fingerprint density at radius 1 is 0.707 bits per heavy atom. The molecule has 0 heterocycles. The molecule has 0 atom stereocenters. The van der Waals surface area contributed by atoms with Gasteiger partial charge in [-0.05, 0) is 65.5 Å². The first-order valence-electron chi connectivity index (χ1n) is 12.6. The lowest BCUT2D eigenvalue weighted by Gasteiger charge is -2.22. The van der Waals surface area contributed by atoms with Crippen LogP contribution in [0.3, 0.4) is 0 Å². The van der Waals surface area contributed by atoms with Crippen LogP contribution in [0.2, 0.25) is 0 Å². The molecule has 0 aromatic heterocycles. The fourth-order valence-corrected chi connectivity index (χ4v) is 6.33. The normalized spacial score (nSPS) is 11.6. The molecule has 41 heavy (non-hydrogen) atoms. The average molecular weight is 586 g/mol. The predicted octanol–water partition coefficient (Wildman–Crippen LogP) is 5.86. The summed E-state index contributed by atoms with van der Waals surface area (Å²) in [6, 6.07) is 34.2. The number of carbonyl (C=O) groups excluding carboxylic acids is 1. The molecule has 5 rings (SSSR count). The maximum Gasteiger partial charge on any atom is 0.261 e. The van der Waals surface area contributed by atoms with E-state index >= 15 is 0 Å². The Morgan fingerprint density at radius 2 is 1.34 bits per heavy atom. The summed E-state index contributed by atoms with van der Waals surface area (Å²) in [5.41, 5.74) is 2.54. The monoisotopic (exact) mass is 585 g/mol. The van der Waals surface area contributed by atoms with Gasteiger partial charge in [-0.15, -0.1) is 0 Å². The van der Waals surface area contributed by atoms with E-state index in [1.54, 1.807) is 60.7 Å². The number of nitrogens with zero attached hydrogens (tertiary/aromatic N) is 1. The lowest BCUT2D eigenvalue weighted by atomic mass is 10.1. The van der Waals surface area contributed by atoms with Crippen molar-refractivity contribution in [2.24, 2.45) is 0 Å². The van der Waals surface area contributed by atoms with Crippen molar-refractivity contribution in [1.29, 1.82) is 0 Å². The summed E-state index contributed by atoms with van der Waals surface area (Å²) in [4.78, 5) is 12.9. The van der Waals surface area contributed by atoms with Gasteiger partial charge in [-0.3, -0.25) is 13.8 Å². The van der Waals surface area contributed by atoms with Gasteiger partial charge in [0.15, 0.2) is 0 Å². The van der Waals surface area contributed by atoms with E-state index in [-0.39, 0.29) is 17.3 Å². The van der Waals surface area contributed by atoms with Gasteiger partial charge in [-0.2, -0.15) is 0 Å². The van der Waals surface area contributed by atoms with Gasteiger partial charge < -0.3 is 5.32 Å². The highest BCUT2D eigenvalue weighted by molar-refractivity contribution is 7.92. The first kappa shape index (κ1) is 27.9. The highest BCUT2D eigenvalue weighted by atomic mass is 32.2. The molecule has 2 N–H and O–H groups in total. The number of amides is 1. The van der Waals surface area contributed by atoms with Crippen LogP contribution >= 0.6 is 0 Å².